The molecule has 1 amide bonds. The zero-order valence-corrected chi connectivity index (χ0v) is 16.8. The Morgan fingerprint density at radius 1 is 1.17 bits per heavy atom. The van der Waals surface area contributed by atoms with E-state index in [4.69, 9.17) is 4.74 Å². The quantitative estimate of drug-likeness (QED) is 0.635. The molecule has 0 fully saturated rings. The molecule has 0 bridgehead atoms. The van der Waals surface area contributed by atoms with Crippen molar-refractivity contribution in [3.8, 4) is 17.1 Å². The normalized spacial score (nSPS) is 13.7. The highest BCUT2D eigenvalue weighted by Gasteiger charge is 2.19. The lowest BCUT2D eigenvalue weighted by Gasteiger charge is -2.10. The number of fused-ring (bicyclic) bond motifs is 1. The number of aryl methyl sites for hydroxylation is 1. The summed E-state index contributed by atoms with van der Waals surface area (Å²) in [5.41, 5.74) is 1.68. The molecule has 0 radical (unpaired) electrons. The number of halogens is 1. The lowest BCUT2D eigenvalue weighted by Crippen LogP contribution is -2.09. The lowest BCUT2D eigenvalue weighted by molar-refractivity contribution is -0.111. The van der Waals surface area contributed by atoms with Crippen LogP contribution in [-0.2, 0) is 17.8 Å². The molecule has 6 nitrogen and oxygen atoms in total. The Morgan fingerprint density at radius 2 is 2.07 bits per heavy atom. The number of hydrogen-bond acceptors (Lipinski definition) is 4. The summed E-state index contributed by atoms with van der Waals surface area (Å²) >= 11 is 0. The molecule has 154 valence electrons. The van der Waals surface area contributed by atoms with Gasteiger partial charge in [-0.3, -0.25) is 4.79 Å². The first-order valence-corrected chi connectivity index (χ1v) is 9.99. The largest absolute Gasteiger partial charge is 0.497 e. The number of hydrogen-bond donors (Lipinski definition) is 1. The summed E-state index contributed by atoms with van der Waals surface area (Å²) in [6, 6.07) is 11.9. The van der Waals surface area contributed by atoms with Gasteiger partial charge in [0.25, 0.3) is 0 Å². The van der Waals surface area contributed by atoms with Crippen molar-refractivity contribution in [3.63, 3.8) is 0 Å². The predicted octanol–water partition coefficient (Wildman–Crippen LogP) is 4.47. The third kappa shape index (κ3) is 4.40. The highest BCUT2D eigenvalue weighted by Crippen LogP contribution is 2.27. The van der Waals surface area contributed by atoms with Crippen molar-refractivity contribution in [1.82, 2.24) is 14.8 Å². The summed E-state index contributed by atoms with van der Waals surface area (Å²) in [6.07, 6.45) is 7.18. The summed E-state index contributed by atoms with van der Waals surface area (Å²) in [7, 11) is 1.59. The van der Waals surface area contributed by atoms with Crippen LogP contribution in [0, 0.1) is 5.82 Å². The van der Waals surface area contributed by atoms with Crippen molar-refractivity contribution in [3.05, 3.63) is 65.7 Å². The first-order chi connectivity index (χ1) is 14.6. The number of nitrogens with zero attached hydrogens (tertiary/aromatic N) is 3. The summed E-state index contributed by atoms with van der Waals surface area (Å²) in [4.78, 5) is 12.3. The fraction of sp³-hybridized carbons (Fsp3) is 0.261. The van der Waals surface area contributed by atoms with Crippen molar-refractivity contribution in [1.29, 1.82) is 0 Å². The molecular weight excluding hydrogens is 383 g/mol. The molecule has 1 N–H and O–H groups in total. The number of methoxy groups -OCH3 is 1. The number of rotatable bonds is 5. The van der Waals surface area contributed by atoms with E-state index in [9.17, 15) is 9.18 Å². The van der Waals surface area contributed by atoms with Gasteiger partial charge in [-0.2, -0.15) is 0 Å². The van der Waals surface area contributed by atoms with E-state index in [0.29, 0.717) is 22.8 Å². The van der Waals surface area contributed by atoms with Crippen LogP contribution in [0.25, 0.3) is 17.5 Å². The van der Waals surface area contributed by atoms with E-state index in [1.807, 2.05) is 28.8 Å². The molecule has 2 aromatic carbocycles. The third-order valence-corrected chi connectivity index (χ3v) is 5.11. The molecule has 3 aromatic rings. The zero-order valence-electron chi connectivity index (χ0n) is 16.8. The van der Waals surface area contributed by atoms with Gasteiger partial charge < -0.3 is 14.6 Å². The molecule has 30 heavy (non-hydrogen) atoms. The highest BCUT2D eigenvalue weighted by atomic mass is 19.1. The van der Waals surface area contributed by atoms with Crippen LogP contribution in [0.3, 0.4) is 0 Å². The van der Waals surface area contributed by atoms with Gasteiger partial charge >= 0.3 is 0 Å². The molecule has 4 rings (SSSR count). The van der Waals surface area contributed by atoms with Crippen LogP contribution in [0.5, 0.6) is 5.75 Å². The molecule has 1 aromatic heterocycles. The molecule has 0 saturated carbocycles. The molecule has 7 heteroatoms. The van der Waals surface area contributed by atoms with Gasteiger partial charge in [0.2, 0.25) is 5.91 Å². The second kappa shape index (κ2) is 8.90. The van der Waals surface area contributed by atoms with Crippen LogP contribution >= 0.6 is 0 Å². The Bertz CT molecular complexity index is 1090. The fourth-order valence-electron chi connectivity index (χ4n) is 3.56. The van der Waals surface area contributed by atoms with E-state index in [2.05, 4.69) is 15.5 Å². The van der Waals surface area contributed by atoms with Gasteiger partial charge in [-0.25, -0.2) is 4.39 Å². The molecule has 0 unspecified atom stereocenters. The second-order valence-corrected chi connectivity index (χ2v) is 7.20. The van der Waals surface area contributed by atoms with Gasteiger partial charge in [0.15, 0.2) is 5.82 Å². The molecule has 0 saturated heterocycles. The number of ether oxygens (including phenoxy) is 1. The molecule has 1 aliphatic rings. The molecule has 1 aliphatic heterocycles. The van der Waals surface area contributed by atoms with E-state index < -0.39 is 0 Å². The SMILES string of the molecule is COc1cccc(/C=C/C(=O)Nc2ccc(F)c(-c3nnc4n3CCCCC4)c2)c1. The van der Waals surface area contributed by atoms with Crippen molar-refractivity contribution in [2.75, 3.05) is 12.4 Å². The predicted molar refractivity (Wildman–Crippen MR) is 114 cm³/mol. The van der Waals surface area contributed by atoms with Crippen LogP contribution in [-0.4, -0.2) is 27.8 Å². The topological polar surface area (TPSA) is 69.0 Å². The van der Waals surface area contributed by atoms with Gasteiger partial charge in [0.1, 0.15) is 17.4 Å². The van der Waals surface area contributed by atoms with E-state index in [-0.39, 0.29) is 11.7 Å². The van der Waals surface area contributed by atoms with Crippen LogP contribution in [0.4, 0.5) is 10.1 Å². The van der Waals surface area contributed by atoms with E-state index >= 15 is 0 Å². The van der Waals surface area contributed by atoms with E-state index in [1.54, 1.807) is 19.3 Å². The Hall–Kier alpha value is -3.48. The van der Waals surface area contributed by atoms with Crippen molar-refractivity contribution < 1.29 is 13.9 Å². The Labute approximate surface area is 174 Å². The standard InChI is InChI=1S/C23H23FN4O2/c1-30-18-7-5-6-16(14-18)9-12-22(29)25-17-10-11-20(24)19(15-17)23-27-26-21-8-3-2-4-13-28(21)23/h5-7,9-12,14-15H,2-4,8,13H2,1H3,(H,25,29)/b12-9+. The minimum Gasteiger partial charge on any atom is -0.497 e. The van der Waals surface area contributed by atoms with E-state index in [0.717, 1.165) is 43.6 Å². The summed E-state index contributed by atoms with van der Waals surface area (Å²) < 4.78 is 21.7. The maximum Gasteiger partial charge on any atom is 0.248 e. The van der Waals surface area contributed by atoms with E-state index in [1.165, 1.54) is 18.2 Å². The van der Waals surface area contributed by atoms with Crippen LogP contribution < -0.4 is 10.1 Å². The van der Waals surface area contributed by atoms with Crippen molar-refractivity contribution >= 4 is 17.7 Å². The lowest BCUT2D eigenvalue weighted by atomic mass is 10.1. The van der Waals surface area contributed by atoms with Crippen molar-refractivity contribution in [2.24, 2.45) is 0 Å². The zero-order chi connectivity index (χ0) is 20.9. The fourth-order valence-corrected chi connectivity index (χ4v) is 3.56. The Kier molecular flexibility index (Phi) is 5.88. The van der Waals surface area contributed by atoms with Gasteiger partial charge in [0.05, 0.1) is 12.7 Å². The Balaban J connectivity index is 1.53. The maximum atomic E-state index is 14.6. The van der Waals surface area contributed by atoms with Gasteiger partial charge in [0, 0.05) is 24.7 Å². The maximum absolute atomic E-state index is 14.6. The summed E-state index contributed by atoms with van der Waals surface area (Å²) in [5.74, 6) is 1.41. The first kappa shape index (κ1) is 19.8. The number of benzene rings is 2. The molecule has 0 atom stereocenters. The van der Waals surface area contributed by atoms with Crippen LogP contribution in [0.15, 0.2) is 48.5 Å². The average Bonchev–Trinajstić information content (AvgIpc) is 3.01. The van der Waals surface area contributed by atoms with Crippen LogP contribution in [0.2, 0.25) is 0 Å². The third-order valence-electron chi connectivity index (χ3n) is 5.11. The molecule has 2 heterocycles. The molecule has 0 spiro atoms. The highest BCUT2D eigenvalue weighted by molar-refractivity contribution is 6.02. The number of carbonyl (C=O) groups is 1. The second-order valence-electron chi connectivity index (χ2n) is 7.20. The number of carbonyl (C=O) groups excluding carboxylic acids is 1. The number of aromatic nitrogens is 3. The van der Waals surface area contributed by atoms with Crippen molar-refractivity contribution in [2.45, 2.75) is 32.2 Å². The average molecular weight is 406 g/mol. The van der Waals surface area contributed by atoms with Gasteiger partial charge in [-0.15, -0.1) is 10.2 Å². The first-order valence-electron chi connectivity index (χ1n) is 9.99. The van der Waals surface area contributed by atoms with Gasteiger partial charge in [-0.1, -0.05) is 18.6 Å². The number of amides is 1. The smallest absolute Gasteiger partial charge is 0.248 e. The minimum atomic E-state index is -0.389. The summed E-state index contributed by atoms with van der Waals surface area (Å²) in [5, 5.41) is 11.2. The minimum absolute atomic E-state index is 0.310. The Morgan fingerprint density at radius 3 is 2.93 bits per heavy atom. The number of nitrogens with one attached hydrogen (secondary N) is 1. The van der Waals surface area contributed by atoms with Crippen LogP contribution in [0.1, 0.15) is 30.7 Å². The van der Waals surface area contributed by atoms with Gasteiger partial charge in [-0.05, 0) is 54.8 Å². The summed E-state index contributed by atoms with van der Waals surface area (Å²) in [6.45, 7) is 0.775. The monoisotopic (exact) mass is 406 g/mol. The molecular formula is C23H23FN4O2. The molecule has 0 aliphatic carbocycles. The number of anilines is 1.